The van der Waals surface area contributed by atoms with Crippen molar-refractivity contribution in [1.29, 1.82) is 0 Å². The minimum Gasteiger partial charge on any atom is -0.543 e. The van der Waals surface area contributed by atoms with E-state index < -0.39 is 14.3 Å². The van der Waals surface area contributed by atoms with Crippen molar-refractivity contribution in [3.05, 3.63) is 54.1 Å². The topological polar surface area (TPSA) is 74.3 Å². The third kappa shape index (κ3) is 6.54. The number of piperidine rings is 2. The van der Waals surface area contributed by atoms with Gasteiger partial charge in [-0.05, 0) is 79.0 Å². The standard InChI is InChI=1S/C33H45NO6Si/c1-9-32(36)39-24-17-23-12-10-11-15-34(23)28(18-24)26-20-31(38-6)30(37-5)19-25(26)27-16-22(21-35)13-14-29(27)40-41(7,8)33(2,3)4/h9,13-14,16,19-21,23-24,28H,1,10-12,15,17-18H2,2-8H3/t23-,24-,28-/m0/s1. The van der Waals surface area contributed by atoms with Gasteiger partial charge in [0.2, 0.25) is 0 Å². The summed E-state index contributed by atoms with van der Waals surface area (Å²) in [7, 11) is 1.05. The van der Waals surface area contributed by atoms with E-state index in [-0.39, 0.29) is 17.2 Å². The second kappa shape index (κ2) is 12.4. The predicted octanol–water partition coefficient (Wildman–Crippen LogP) is 7.35. The summed E-state index contributed by atoms with van der Waals surface area (Å²) in [4.78, 5) is 26.8. The first-order valence-electron chi connectivity index (χ1n) is 14.6. The summed E-state index contributed by atoms with van der Waals surface area (Å²) in [5, 5.41) is -0.0132. The lowest BCUT2D eigenvalue weighted by Gasteiger charge is -2.48. The van der Waals surface area contributed by atoms with Crippen LogP contribution in [0, 0.1) is 0 Å². The molecule has 0 aromatic heterocycles. The van der Waals surface area contributed by atoms with Crippen LogP contribution in [0.4, 0.5) is 0 Å². The molecule has 2 aromatic rings. The van der Waals surface area contributed by atoms with Crippen molar-refractivity contribution in [2.75, 3.05) is 20.8 Å². The summed E-state index contributed by atoms with van der Waals surface area (Å²) < 4.78 is 24.3. The summed E-state index contributed by atoms with van der Waals surface area (Å²) >= 11 is 0. The Hall–Kier alpha value is -3.10. The summed E-state index contributed by atoms with van der Waals surface area (Å²) in [6.45, 7) is 15.6. The largest absolute Gasteiger partial charge is 0.543 e. The average molecular weight is 580 g/mol. The molecule has 0 N–H and O–H groups in total. The van der Waals surface area contributed by atoms with Gasteiger partial charge in [0.15, 0.2) is 11.5 Å². The highest BCUT2D eigenvalue weighted by molar-refractivity contribution is 6.74. The van der Waals surface area contributed by atoms with E-state index in [1.165, 1.54) is 6.08 Å². The molecule has 0 unspecified atom stereocenters. The molecule has 8 heteroatoms. The highest BCUT2D eigenvalue weighted by Crippen LogP contribution is 2.49. The van der Waals surface area contributed by atoms with E-state index in [0.29, 0.717) is 29.5 Å². The summed E-state index contributed by atoms with van der Waals surface area (Å²) in [5.41, 5.74) is 3.37. The first-order valence-corrected chi connectivity index (χ1v) is 17.5. The summed E-state index contributed by atoms with van der Waals surface area (Å²) in [6, 6.07) is 9.94. The molecule has 7 nitrogen and oxygen atoms in total. The fraction of sp³-hybridized carbons (Fsp3) is 0.515. The van der Waals surface area contributed by atoms with Crippen LogP contribution in [0.1, 0.15) is 74.8 Å². The van der Waals surface area contributed by atoms with Gasteiger partial charge in [0.25, 0.3) is 8.32 Å². The summed E-state index contributed by atoms with van der Waals surface area (Å²) in [5.74, 6) is 1.58. The molecule has 0 radical (unpaired) electrons. The maximum atomic E-state index is 12.2. The van der Waals surface area contributed by atoms with Gasteiger partial charge in [-0.2, -0.15) is 0 Å². The third-order valence-corrected chi connectivity index (χ3v) is 13.4. The second-order valence-electron chi connectivity index (χ2n) is 12.7. The van der Waals surface area contributed by atoms with Gasteiger partial charge in [-0.25, -0.2) is 4.79 Å². The average Bonchev–Trinajstić information content (AvgIpc) is 2.95. The molecule has 2 aliphatic heterocycles. The van der Waals surface area contributed by atoms with Crippen molar-refractivity contribution in [2.24, 2.45) is 0 Å². The first-order chi connectivity index (χ1) is 19.4. The maximum Gasteiger partial charge on any atom is 0.330 e. The maximum absolute atomic E-state index is 12.2. The highest BCUT2D eigenvalue weighted by atomic mass is 28.4. The molecular formula is C33H45NO6Si. The number of aldehydes is 1. The van der Waals surface area contributed by atoms with E-state index in [1.807, 2.05) is 30.3 Å². The van der Waals surface area contributed by atoms with Gasteiger partial charge in [0.05, 0.1) is 14.2 Å². The Labute approximate surface area is 245 Å². The van der Waals surface area contributed by atoms with Gasteiger partial charge < -0.3 is 18.6 Å². The predicted molar refractivity (Wildman–Crippen MR) is 165 cm³/mol. The lowest BCUT2D eigenvalue weighted by Crippen LogP contribution is -2.49. The van der Waals surface area contributed by atoms with Crippen LogP contribution in [-0.4, -0.2) is 58.4 Å². The van der Waals surface area contributed by atoms with Crippen molar-refractivity contribution in [1.82, 2.24) is 4.90 Å². The van der Waals surface area contributed by atoms with Crippen molar-refractivity contribution in [3.8, 4) is 28.4 Å². The number of benzene rings is 2. The molecule has 2 aromatic carbocycles. The van der Waals surface area contributed by atoms with Gasteiger partial charge in [-0.15, -0.1) is 0 Å². The minimum atomic E-state index is -2.22. The third-order valence-electron chi connectivity index (χ3n) is 9.06. The van der Waals surface area contributed by atoms with E-state index in [1.54, 1.807) is 14.2 Å². The zero-order valence-electron chi connectivity index (χ0n) is 25.6. The van der Waals surface area contributed by atoms with E-state index in [0.717, 1.165) is 61.0 Å². The number of methoxy groups -OCH3 is 2. The molecule has 0 bridgehead atoms. The van der Waals surface area contributed by atoms with Gasteiger partial charge in [0, 0.05) is 42.1 Å². The molecule has 2 heterocycles. The molecule has 2 fully saturated rings. The number of carbonyl (C=O) groups is 2. The summed E-state index contributed by atoms with van der Waals surface area (Å²) in [6.07, 6.45) is 6.65. The van der Waals surface area contributed by atoms with Crippen molar-refractivity contribution < 1.29 is 28.2 Å². The molecule has 0 spiro atoms. The van der Waals surface area contributed by atoms with E-state index in [2.05, 4.69) is 45.3 Å². The first kappa shape index (κ1) is 30.8. The van der Waals surface area contributed by atoms with Crippen LogP contribution < -0.4 is 13.9 Å². The molecule has 0 amide bonds. The second-order valence-corrected chi connectivity index (χ2v) is 17.4. The fourth-order valence-electron chi connectivity index (χ4n) is 5.84. The molecule has 4 rings (SSSR count). The SMILES string of the molecule is C=CC(=O)O[C@H]1C[C@@H]2CCCCN2[C@H](c2cc(OC)c(OC)cc2-c2cc(C=O)ccc2O[Si](C)(C)C(C)(C)C)C1. The van der Waals surface area contributed by atoms with Gasteiger partial charge >= 0.3 is 5.97 Å². The molecule has 0 saturated carbocycles. The van der Waals surface area contributed by atoms with E-state index >= 15 is 0 Å². The number of esters is 1. The fourth-order valence-corrected chi connectivity index (χ4v) is 6.87. The highest BCUT2D eigenvalue weighted by Gasteiger charge is 2.42. The van der Waals surface area contributed by atoms with Gasteiger partial charge in [-0.3, -0.25) is 9.69 Å². The number of fused-ring (bicyclic) bond motifs is 1. The Morgan fingerprint density at radius 1 is 1.00 bits per heavy atom. The van der Waals surface area contributed by atoms with Crippen LogP contribution in [0.3, 0.4) is 0 Å². The van der Waals surface area contributed by atoms with Crippen LogP contribution in [0.2, 0.25) is 18.1 Å². The quantitative estimate of drug-likeness (QED) is 0.133. The molecule has 0 aliphatic carbocycles. The smallest absolute Gasteiger partial charge is 0.330 e. The van der Waals surface area contributed by atoms with Gasteiger partial charge in [0.1, 0.15) is 18.1 Å². The van der Waals surface area contributed by atoms with Crippen LogP contribution in [0.5, 0.6) is 17.2 Å². The van der Waals surface area contributed by atoms with Crippen LogP contribution in [0.15, 0.2) is 43.0 Å². The Kier molecular flexibility index (Phi) is 9.34. The Morgan fingerprint density at radius 2 is 1.71 bits per heavy atom. The molecule has 2 saturated heterocycles. The van der Waals surface area contributed by atoms with Crippen molar-refractivity contribution >= 4 is 20.6 Å². The Balaban J connectivity index is 1.93. The number of ether oxygens (including phenoxy) is 3. The Bertz CT molecular complexity index is 1280. The lowest BCUT2D eigenvalue weighted by atomic mass is 9.81. The van der Waals surface area contributed by atoms with Crippen LogP contribution in [-0.2, 0) is 9.53 Å². The molecular weight excluding hydrogens is 534 g/mol. The molecule has 41 heavy (non-hydrogen) atoms. The number of rotatable bonds is 9. The van der Waals surface area contributed by atoms with Gasteiger partial charge in [-0.1, -0.05) is 33.8 Å². The van der Waals surface area contributed by atoms with E-state index in [9.17, 15) is 9.59 Å². The number of nitrogens with zero attached hydrogens (tertiary/aromatic N) is 1. The zero-order chi connectivity index (χ0) is 29.9. The number of carbonyl (C=O) groups excluding carboxylic acids is 2. The number of hydrogen-bond acceptors (Lipinski definition) is 7. The van der Waals surface area contributed by atoms with Crippen LogP contribution in [0.25, 0.3) is 11.1 Å². The monoisotopic (exact) mass is 579 g/mol. The van der Waals surface area contributed by atoms with E-state index in [4.69, 9.17) is 18.6 Å². The molecule has 2 aliphatic rings. The van der Waals surface area contributed by atoms with Crippen LogP contribution >= 0.6 is 0 Å². The normalized spacial score (nSPS) is 21.4. The molecule has 3 atom stereocenters. The minimum absolute atomic E-state index is 0.0132. The lowest BCUT2D eigenvalue weighted by molar-refractivity contribution is -0.148. The zero-order valence-corrected chi connectivity index (χ0v) is 26.6. The Morgan fingerprint density at radius 3 is 2.34 bits per heavy atom. The number of hydrogen-bond donors (Lipinski definition) is 0. The molecule has 222 valence electrons. The van der Waals surface area contributed by atoms with Crippen molar-refractivity contribution in [3.63, 3.8) is 0 Å². The van der Waals surface area contributed by atoms with Crippen molar-refractivity contribution in [2.45, 2.75) is 89.2 Å².